The second-order valence-electron chi connectivity index (χ2n) is 7.52. The maximum Gasteiger partial charge on any atom is 0.265 e. The molecule has 0 fully saturated rings. The summed E-state index contributed by atoms with van der Waals surface area (Å²) >= 11 is 0. The van der Waals surface area contributed by atoms with E-state index in [0.717, 1.165) is 0 Å². The molecule has 34 heavy (non-hydrogen) atoms. The third-order valence-corrected chi connectivity index (χ3v) is 5.25. The number of hydrogen-bond acceptors (Lipinski definition) is 5. The van der Waals surface area contributed by atoms with Crippen molar-refractivity contribution in [2.24, 2.45) is 0 Å². The number of ketones is 1. The highest BCUT2D eigenvalue weighted by Gasteiger charge is 2.27. The van der Waals surface area contributed by atoms with Crippen LogP contribution in [0.2, 0.25) is 0 Å². The van der Waals surface area contributed by atoms with Crippen LogP contribution in [0.4, 0.5) is 10.1 Å². The number of fused-ring (bicyclic) bond motifs is 1. The summed E-state index contributed by atoms with van der Waals surface area (Å²) in [5.74, 6) is -0.843. The number of carbonyl (C=O) groups is 2. The molecule has 1 atom stereocenters. The highest BCUT2D eigenvalue weighted by Crippen LogP contribution is 2.33. The summed E-state index contributed by atoms with van der Waals surface area (Å²) < 4.78 is 30.9. The van der Waals surface area contributed by atoms with Gasteiger partial charge in [0.05, 0.1) is 12.3 Å². The van der Waals surface area contributed by atoms with Gasteiger partial charge in [-0.3, -0.25) is 9.59 Å². The second-order valence-corrected chi connectivity index (χ2v) is 7.52. The largest absolute Gasteiger partial charge is 0.494 e. The van der Waals surface area contributed by atoms with Crippen molar-refractivity contribution in [3.8, 4) is 11.5 Å². The standard InChI is InChI=1S/C27H24FNO5/c1-3-21(33-23-12-8-6-10-20(23)28)27(31)29-24-19-9-5-7-11-22(19)34-26(24)25(30)17-13-15-18(16-14-17)32-4-2/h5-16,21H,3-4H2,1-2H3,(H,29,31). The van der Waals surface area contributed by atoms with Crippen molar-refractivity contribution in [1.82, 2.24) is 0 Å². The molecule has 174 valence electrons. The summed E-state index contributed by atoms with van der Waals surface area (Å²) in [4.78, 5) is 26.4. The maximum absolute atomic E-state index is 14.0. The highest BCUT2D eigenvalue weighted by atomic mass is 19.1. The van der Waals surface area contributed by atoms with Gasteiger partial charge in [0.2, 0.25) is 5.78 Å². The number of ether oxygens (including phenoxy) is 2. The minimum atomic E-state index is -0.973. The van der Waals surface area contributed by atoms with Gasteiger partial charge in [-0.25, -0.2) is 4.39 Å². The average molecular weight is 461 g/mol. The van der Waals surface area contributed by atoms with Gasteiger partial charge in [-0.1, -0.05) is 31.2 Å². The number of anilines is 1. The van der Waals surface area contributed by atoms with E-state index in [4.69, 9.17) is 13.9 Å². The van der Waals surface area contributed by atoms with Crippen molar-refractivity contribution in [1.29, 1.82) is 0 Å². The molecule has 1 N–H and O–H groups in total. The van der Waals surface area contributed by atoms with Crippen molar-refractivity contribution in [2.45, 2.75) is 26.4 Å². The van der Waals surface area contributed by atoms with Crippen molar-refractivity contribution >= 4 is 28.3 Å². The van der Waals surface area contributed by atoms with E-state index >= 15 is 0 Å². The lowest BCUT2D eigenvalue weighted by atomic mass is 10.1. The van der Waals surface area contributed by atoms with Crippen LogP contribution in [0.15, 0.2) is 77.2 Å². The Hall–Kier alpha value is -4.13. The number of rotatable bonds is 9. The smallest absolute Gasteiger partial charge is 0.265 e. The number of nitrogens with one attached hydrogen (secondary N) is 1. The van der Waals surface area contributed by atoms with Gasteiger partial charge in [0, 0.05) is 10.9 Å². The molecule has 0 radical (unpaired) electrons. The molecule has 0 saturated carbocycles. The number of carbonyl (C=O) groups excluding carboxylic acids is 2. The molecule has 0 aliphatic rings. The van der Waals surface area contributed by atoms with E-state index in [2.05, 4.69) is 5.32 Å². The summed E-state index contributed by atoms with van der Waals surface area (Å²) in [5, 5.41) is 3.36. The van der Waals surface area contributed by atoms with E-state index in [1.54, 1.807) is 67.6 Å². The molecule has 7 heteroatoms. The van der Waals surface area contributed by atoms with Crippen LogP contribution in [0.1, 0.15) is 36.4 Å². The van der Waals surface area contributed by atoms with Crippen LogP contribution in [0.25, 0.3) is 11.0 Å². The number of halogens is 1. The van der Waals surface area contributed by atoms with E-state index in [1.165, 1.54) is 12.1 Å². The summed E-state index contributed by atoms with van der Waals surface area (Å²) in [6.45, 7) is 4.15. The first-order chi connectivity index (χ1) is 16.5. The summed E-state index contributed by atoms with van der Waals surface area (Å²) in [7, 11) is 0. The zero-order valence-corrected chi connectivity index (χ0v) is 18.8. The zero-order valence-electron chi connectivity index (χ0n) is 18.8. The monoisotopic (exact) mass is 461 g/mol. The summed E-state index contributed by atoms with van der Waals surface area (Å²) in [6.07, 6.45) is -0.683. The molecular formula is C27H24FNO5. The third-order valence-electron chi connectivity index (χ3n) is 5.25. The molecule has 3 aromatic carbocycles. The van der Waals surface area contributed by atoms with E-state index < -0.39 is 23.6 Å². The Bertz CT molecular complexity index is 1310. The van der Waals surface area contributed by atoms with Gasteiger partial charge in [0.25, 0.3) is 5.91 Å². The lowest BCUT2D eigenvalue weighted by Gasteiger charge is -2.17. The quantitative estimate of drug-likeness (QED) is 0.310. The van der Waals surface area contributed by atoms with Crippen molar-refractivity contribution in [3.63, 3.8) is 0 Å². The lowest BCUT2D eigenvalue weighted by molar-refractivity contribution is -0.122. The van der Waals surface area contributed by atoms with Gasteiger partial charge in [-0.2, -0.15) is 0 Å². The number of para-hydroxylation sites is 2. The Morgan fingerprint density at radius 3 is 2.38 bits per heavy atom. The molecule has 4 aromatic rings. The molecule has 1 heterocycles. The van der Waals surface area contributed by atoms with Crippen LogP contribution in [0.3, 0.4) is 0 Å². The van der Waals surface area contributed by atoms with Gasteiger partial charge < -0.3 is 19.2 Å². The van der Waals surface area contributed by atoms with Crippen LogP contribution in [0, 0.1) is 5.82 Å². The first-order valence-corrected chi connectivity index (χ1v) is 11.0. The molecule has 0 aliphatic heterocycles. The Morgan fingerprint density at radius 2 is 1.68 bits per heavy atom. The van der Waals surface area contributed by atoms with Crippen LogP contribution >= 0.6 is 0 Å². The van der Waals surface area contributed by atoms with Crippen molar-refractivity contribution in [2.75, 3.05) is 11.9 Å². The predicted molar refractivity (Wildman–Crippen MR) is 127 cm³/mol. The third kappa shape index (κ3) is 4.78. The number of hydrogen-bond donors (Lipinski definition) is 1. The molecule has 0 bridgehead atoms. The minimum absolute atomic E-state index is 0.000505. The molecule has 1 unspecified atom stereocenters. The molecule has 0 aliphatic carbocycles. The molecule has 0 spiro atoms. The van der Waals surface area contributed by atoms with Crippen LogP contribution in [0.5, 0.6) is 11.5 Å². The Kier molecular flexibility index (Phi) is 6.92. The van der Waals surface area contributed by atoms with Gasteiger partial charge in [0.1, 0.15) is 11.3 Å². The number of benzene rings is 3. The maximum atomic E-state index is 14.0. The molecular weight excluding hydrogens is 437 g/mol. The van der Waals surface area contributed by atoms with E-state index in [1.807, 2.05) is 6.92 Å². The predicted octanol–water partition coefficient (Wildman–Crippen LogP) is 6.00. The molecule has 1 aromatic heterocycles. The Morgan fingerprint density at radius 1 is 0.971 bits per heavy atom. The van der Waals surface area contributed by atoms with Crippen LogP contribution in [-0.2, 0) is 4.79 Å². The molecule has 0 saturated heterocycles. The first-order valence-electron chi connectivity index (χ1n) is 11.0. The lowest BCUT2D eigenvalue weighted by Crippen LogP contribution is -2.33. The molecule has 4 rings (SSSR count). The average Bonchev–Trinajstić information content (AvgIpc) is 3.22. The van der Waals surface area contributed by atoms with Gasteiger partial charge in [-0.15, -0.1) is 0 Å². The highest BCUT2D eigenvalue weighted by molar-refractivity contribution is 6.17. The van der Waals surface area contributed by atoms with E-state index in [-0.39, 0.29) is 23.6 Å². The Labute approximate surface area is 196 Å². The topological polar surface area (TPSA) is 77.8 Å². The van der Waals surface area contributed by atoms with Crippen molar-refractivity contribution in [3.05, 3.63) is 89.9 Å². The van der Waals surface area contributed by atoms with Crippen LogP contribution < -0.4 is 14.8 Å². The fraction of sp³-hybridized carbons (Fsp3) is 0.185. The fourth-order valence-electron chi connectivity index (χ4n) is 3.55. The van der Waals surface area contributed by atoms with Gasteiger partial charge >= 0.3 is 0 Å². The Balaban J connectivity index is 1.65. The SMILES string of the molecule is CCOc1ccc(C(=O)c2oc3ccccc3c2NC(=O)C(CC)Oc2ccccc2F)cc1. The fourth-order valence-corrected chi connectivity index (χ4v) is 3.55. The van der Waals surface area contributed by atoms with Gasteiger partial charge in [0.15, 0.2) is 23.4 Å². The van der Waals surface area contributed by atoms with E-state index in [9.17, 15) is 14.0 Å². The molecule has 6 nitrogen and oxygen atoms in total. The van der Waals surface area contributed by atoms with Crippen LogP contribution in [-0.4, -0.2) is 24.4 Å². The normalized spacial score (nSPS) is 11.7. The number of furan rings is 1. The van der Waals surface area contributed by atoms with E-state index in [0.29, 0.717) is 28.9 Å². The second kappa shape index (κ2) is 10.2. The zero-order chi connectivity index (χ0) is 24.1. The first kappa shape index (κ1) is 23.0. The molecule has 1 amide bonds. The summed E-state index contributed by atoms with van der Waals surface area (Å²) in [6, 6.07) is 19.6. The van der Waals surface area contributed by atoms with Gasteiger partial charge in [-0.05, 0) is 61.9 Å². The summed E-state index contributed by atoms with van der Waals surface area (Å²) in [5.41, 5.74) is 1.08. The minimum Gasteiger partial charge on any atom is -0.494 e. The number of amides is 1. The van der Waals surface area contributed by atoms with Crippen molar-refractivity contribution < 1.29 is 27.9 Å².